The van der Waals surface area contributed by atoms with Crippen LogP contribution in [-0.4, -0.2) is 13.7 Å². The van der Waals surface area contributed by atoms with E-state index in [1.165, 1.54) is 0 Å². The summed E-state index contributed by atoms with van der Waals surface area (Å²) in [6.07, 6.45) is 0. The summed E-state index contributed by atoms with van der Waals surface area (Å²) in [5, 5.41) is 4.07. The number of methoxy groups -OCH3 is 1. The third-order valence-corrected chi connectivity index (χ3v) is 3.15. The van der Waals surface area contributed by atoms with Crippen LogP contribution in [0.15, 0.2) is 42.5 Å². The number of hydrogen-bond acceptors (Lipinski definition) is 3. The molecule has 4 heteroatoms. The molecule has 0 bridgehead atoms. The van der Waals surface area contributed by atoms with E-state index in [2.05, 4.69) is 5.32 Å². The van der Waals surface area contributed by atoms with Gasteiger partial charge in [0.25, 0.3) is 0 Å². The summed E-state index contributed by atoms with van der Waals surface area (Å²) in [6.45, 7) is 3.23. The molecule has 0 fully saturated rings. The minimum Gasteiger partial charge on any atom is -0.493 e. The van der Waals surface area contributed by atoms with Crippen LogP contribution in [0, 0.1) is 0 Å². The van der Waals surface area contributed by atoms with Crippen molar-refractivity contribution in [2.45, 2.75) is 13.5 Å². The van der Waals surface area contributed by atoms with Gasteiger partial charge >= 0.3 is 0 Å². The molecule has 20 heavy (non-hydrogen) atoms. The van der Waals surface area contributed by atoms with Gasteiger partial charge in [0.15, 0.2) is 11.5 Å². The van der Waals surface area contributed by atoms with E-state index in [1.807, 2.05) is 49.4 Å². The van der Waals surface area contributed by atoms with Crippen LogP contribution in [0.1, 0.15) is 12.5 Å². The summed E-state index contributed by atoms with van der Waals surface area (Å²) in [5.74, 6) is 1.54. The first kappa shape index (κ1) is 14.5. The maximum atomic E-state index is 5.87. The molecule has 2 aromatic carbocycles. The van der Waals surface area contributed by atoms with Crippen molar-refractivity contribution in [3.63, 3.8) is 0 Å². The zero-order valence-corrected chi connectivity index (χ0v) is 12.4. The molecule has 0 aromatic heterocycles. The SMILES string of the molecule is CCOc1c(CNc2ccc(Cl)cc2)cccc1OC. The highest BCUT2D eigenvalue weighted by Crippen LogP contribution is 2.31. The maximum Gasteiger partial charge on any atom is 0.166 e. The standard InChI is InChI=1S/C16H18ClNO2/c1-3-20-16-12(5-4-6-15(16)19-2)11-18-14-9-7-13(17)8-10-14/h4-10,18H,3,11H2,1-2H3. The second-order valence-corrected chi connectivity index (χ2v) is 4.68. The number of halogens is 1. The second-order valence-electron chi connectivity index (χ2n) is 4.24. The summed E-state index contributed by atoms with van der Waals surface area (Å²) in [7, 11) is 1.65. The Kier molecular flexibility index (Phi) is 5.13. The largest absolute Gasteiger partial charge is 0.493 e. The van der Waals surface area contributed by atoms with Gasteiger partial charge in [-0.05, 0) is 37.3 Å². The van der Waals surface area contributed by atoms with Crippen LogP contribution in [0.3, 0.4) is 0 Å². The molecule has 0 aliphatic heterocycles. The fourth-order valence-corrected chi connectivity index (χ4v) is 2.06. The van der Waals surface area contributed by atoms with Gasteiger partial charge in [0, 0.05) is 22.8 Å². The van der Waals surface area contributed by atoms with Crippen molar-refractivity contribution in [2.75, 3.05) is 19.0 Å². The monoisotopic (exact) mass is 291 g/mol. The molecule has 1 N–H and O–H groups in total. The topological polar surface area (TPSA) is 30.5 Å². The van der Waals surface area contributed by atoms with Gasteiger partial charge in [-0.25, -0.2) is 0 Å². The highest BCUT2D eigenvalue weighted by atomic mass is 35.5. The van der Waals surface area contributed by atoms with E-state index in [0.717, 1.165) is 27.8 Å². The predicted octanol–water partition coefficient (Wildman–Crippen LogP) is 4.36. The van der Waals surface area contributed by atoms with E-state index < -0.39 is 0 Å². The van der Waals surface area contributed by atoms with Crippen molar-refractivity contribution < 1.29 is 9.47 Å². The minimum atomic E-state index is 0.605. The molecule has 0 amide bonds. The molecule has 0 unspecified atom stereocenters. The summed E-state index contributed by atoms with van der Waals surface area (Å²) in [5.41, 5.74) is 2.07. The number of benzene rings is 2. The van der Waals surface area contributed by atoms with Crippen molar-refractivity contribution in [1.82, 2.24) is 0 Å². The first-order valence-electron chi connectivity index (χ1n) is 6.52. The predicted molar refractivity (Wildman–Crippen MR) is 82.9 cm³/mol. The molecule has 0 aliphatic rings. The van der Waals surface area contributed by atoms with Gasteiger partial charge in [0.05, 0.1) is 13.7 Å². The summed E-state index contributed by atoms with van der Waals surface area (Å²) >= 11 is 5.87. The summed E-state index contributed by atoms with van der Waals surface area (Å²) < 4.78 is 11.0. The molecule has 2 aromatic rings. The zero-order chi connectivity index (χ0) is 14.4. The highest BCUT2D eigenvalue weighted by molar-refractivity contribution is 6.30. The first-order valence-corrected chi connectivity index (χ1v) is 6.90. The van der Waals surface area contributed by atoms with Crippen LogP contribution < -0.4 is 14.8 Å². The van der Waals surface area contributed by atoms with Crippen molar-refractivity contribution in [3.05, 3.63) is 53.1 Å². The van der Waals surface area contributed by atoms with E-state index in [9.17, 15) is 0 Å². The van der Waals surface area contributed by atoms with Crippen molar-refractivity contribution in [2.24, 2.45) is 0 Å². The molecular formula is C16H18ClNO2. The number of nitrogens with one attached hydrogen (secondary N) is 1. The van der Waals surface area contributed by atoms with Crippen LogP contribution in [0.2, 0.25) is 5.02 Å². The van der Waals surface area contributed by atoms with Gasteiger partial charge in [-0.1, -0.05) is 23.7 Å². The average Bonchev–Trinajstić information content (AvgIpc) is 2.48. The lowest BCUT2D eigenvalue weighted by atomic mass is 10.1. The highest BCUT2D eigenvalue weighted by Gasteiger charge is 2.09. The molecule has 0 aliphatic carbocycles. The first-order chi connectivity index (χ1) is 9.74. The molecule has 0 saturated heterocycles. The normalized spacial score (nSPS) is 10.2. The van der Waals surface area contributed by atoms with E-state index in [1.54, 1.807) is 7.11 Å². The van der Waals surface area contributed by atoms with Crippen LogP contribution in [-0.2, 0) is 6.54 Å². The molecule has 2 rings (SSSR count). The van der Waals surface area contributed by atoms with E-state index in [0.29, 0.717) is 13.2 Å². The maximum absolute atomic E-state index is 5.87. The van der Waals surface area contributed by atoms with E-state index in [-0.39, 0.29) is 0 Å². The third-order valence-electron chi connectivity index (χ3n) is 2.90. The lowest BCUT2D eigenvalue weighted by Crippen LogP contribution is -2.04. The molecule has 0 atom stereocenters. The molecule has 0 spiro atoms. The van der Waals surface area contributed by atoms with Crippen LogP contribution in [0.25, 0.3) is 0 Å². The Morgan fingerprint density at radius 3 is 2.50 bits per heavy atom. The molecule has 3 nitrogen and oxygen atoms in total. The van der Waals surface area contributed by atoms with Crippen LogP contribution in [0.5, 0.6) is 11.5 Å². The van der Waals surface area contributed by atoms with Crippen LogP contribution in [0.4, 0.5) is 5.69 Å². The minimum absolute atomic E-state index is 0.605. The molecular weight excluding hydrogens is 274 g/mol. The van der Waals surface area contributed by atoms with Gasteiger partial charge in [-0.2, -0.15) is 0 Å². The summed E-state index contributed by atoms with van der Waals surface area (Å²) in [4.78, 5) is 0. The fourth-order valence-electron chi connectivity index (χ4n) is 1.93. The lowest BCUT2D eigenvalue weighted by molar-refractivity contribution is 0.308. The van der Waals surface area contributed by atoms with Crippen molar-refractivity contribution in [1.29, 1.82) is 0 Å². The van der Waals surface area contributed by atoms with Gasteiger partial charge < -0.3 is 14.8 Å². The van der Waals surface area contributed by atoms with Crippen molar-refractivity contribution in [3.8, 4) is 11.5 Å². The van der Waals surface area contributed by atoms with Crippen LogP contribution >= 0.6 is 11.6 Å². The van der Waals surface area contributed by atoms with Gasteiger partial charge in [0.2, 0.25) is 0 Å². The quantitative estimate of drug-likeness (QED) is 0.858. The van der Waals surface area contributed by atoms with E-state index >= 15 is 0 Å². The molecule has 0 heterocycles. The Labute approximate surface area is 124 Å². The van der Waals surface area contributed by atoms with E-state index in [4.69, 9.17) is 21.1 Å². The smallest absolute Gasteiger partial charge is 0.166 e. The molecule has 0 saturated carbocycles. The molecule has 0 radical (unpaired) electrons. The Bertz CT molecular complexity index is 555. The van der Waals surface area contributed by atoms with Gasteiger partial charge in [0.1, 0.15) is 0 Å². The number of rotatable bonds is 6. The number of para-hydroxylation sites is 1. The van der Waals surface area contributed by atoms with Gasteiger partial charge in [-0.15, -0.1) is 0 Å². The Morgan fingerprint density at radius 2 is 1.85 bits per heavy atom. The fraction of sp³-hybridized carbons (Fsp3) is 0.250. The number of ether oxygens (including phenoxy) is 2. The van der Waals surface area contributed by atoms with Crippen molar-refractivity contribution >= 4 is 17.3 Å². The Hall–Kier alpha value is -1.87. The van der Waals surface area contributed by atoms with Gasteiger partial charge in [-0.3, -0.25) is 0 Å². The zero-order valence-electron chi connectivity index (χ0n) is 11.7. The number of anilines is 1. The Morgan fingerprint density at radius 1 is 1.10 bits per heavy atom. The second kappa shape index (κ2) is 7.06. The lowest BCUT2D eigenvalue weighted by Gasteiger charge is -2.15. The number of hydrogen-bond donors (Lipinski definition) is 1. The summed E-state index contributed by atoms with van der Waals surface area (Å²) in [6, 6.07) is 13.5. The average molecular weight is 292 g/mol. The molecule has 106 valence electrons. The Balaban J connectivity index is 2.14. The third kappa shape index (κ3) is 3.58.